The van der Waals surface area contributed by atoms with Crippen LogP contribution >= 0.6 is 0 Å². The number of hydrogen-bond acceptors (Lipinski definition) is 5. The van der Waals surface area contributed by atoms with E-state index in [9.17, 15) is 4.79 Å². The van der Waals surface area contributed by atoms with Crippen molar-refractivity contribution in [3.63, 3.8) is 0 Å². The Morgan fingerprint density at radius 3 is 2.58 bits per heavy atom. The number of fused-ring (bicyclic) bond motifs is 2. The number of anilines is 1. The monoisotopic (exact) mass is 541 g/mol. The molecule has 5 rings (SSSR count). The van der Waals surface area contributed by atoms with Gasteiger partial charge in [0.1, 0.15) is 5.60 Å². The average molecular weight is 542 g/mol. The molecule has 2 atom stereocenters. The number of carbonyl (C=O) groups excluding carboxylic acids is 1. The summed E-state index contributed by atoms with van der Waals surface area (Å²) in [6, 6.07) is 13.0. The maximum Gasteiger partial charge on any atom is 0.410 e. The van der Waals surface area contributed by atoms with Gasteiger partial charge < -0.3 is 19.5 Å². The zero-order valence-electron chi connectivity index (χ0n) is 25.0. The van der Waals surface area contributed by atoms with Crippen LogP contribution in [0.3, 0.4) is 0 Å². The first-order valence-corrected chi connectivity index (χ1v) is 14.5. The van der Waals surface area contributed by atoms with Gasteiger partial charge in [-0.25, -0.2) is 4.79 Å². The van der Waals surface area contributed by atoms with Gasteiger partial charge in [-0.1, -0.05) is 39.3 Å². The second kappa shape index (κ2) is 10.8. The minimum Gasteiger partial charge on any atom is -0.444 e. The number of aromatic nitrogens is 3. The van der Waals surface area contributed by atoms with Crippen LogP contribution in [-0.4, -0.2) is 50.3 Å². The fraction of sp³-hybridized carbons (Fsp3) is 0.485. The Morgan fingerprint density at radius 2 is 1.82 bits per heavy atom. The minimum absolute atomic E-state index is 0.109. The van der Waals surface area contributed by atoms with Crippen LogP contribution in [0.1, 0.15) is 60.8 Å². The van der Waals surface area contributed by atoms with Crippen molar-refractivity contribution in [3.05, 3.63) is 55.0 Å². The quantitative estimate of drug-likeness (QED) is 0.260. The van der Waals surface area contributed by atoms with Gasteiger partial charge in [-0.05, 0) is 80.2 Å². The molecule has 40 heavy (non-hydrogen) atoms. The fourth-order valence-corrected chi connectivity index (χ4v) is 5.58. The zero-order chi connectivity index (χ0) is 28.7. The molecular weight excluding hydrogens is 498 g/mol. The number of nitrogens with zero attached hydrogens (tertiary/aromatic N) is 4. The number of carbonyl (C=O) groups is 1. The van der Waals surface area contributed by atoms with Crippen molar-refractivity contribution in [2.24, 2.45) is 18.4 Å². The van der Waals surface area contributed by atoms with E-state index in [0.717, 1.165) is 47.1 Å². The number of ether oxygens (including phenoxy) is 1. The normalized spacial score (nSPS) is 18.0. The highest BCUT2D eigenvalue weighted by Gasteiger charge is 2.38. The molecule has 1 unspecified atom stereocenters. The van der Waals surface area contributed by atoms with Crippen molar-refractivity contribution in [3.8, 4) is 11.1 Å². The molecule has 7 heteroatoms. The highest BCUT2D eigenvalue weighted by atomic mass is 16.6. The van der Waals surface area contributed by atoms with Gasteiger partial charge in [-0.2, -0.15) is 0 Å². The molecule has 0 spiro atoms. The van der Waals surface area contributed by atoms with Gasteiger partial charge in [0.15, 0.2) is 0 Å². The molecular formula is C33H43N5O2. The van der Waals surface area contributed by atoms with Gasteiger partial charge in [0.05, 0.1) is 11.0 Å². The molecule has 1 amide bonds. The molecule has 4 aromatic rings. The Morgan fingerprint density at radius 1 is 1.05 bits per heavy atom. The van der Waals surface area contributed by atoms with Crippen LogP contribution in [0.5, 0.6) is 0 Å². The van der Waals surface area contributed by atoms with Crippen LogP contribution < -0.4 is 5.32 Å². The molecule has 0 radical (unpaired) electrons. The summed E-state index contributed by atoms with van der Waals surface area (Å²) in [4.78, 5) is 24.3. The maximum absolute atomic E-state index is 13.0. The van der Waals surface area contributed by atoms with E-state index in [1.807, 2.05) is 25.7 Å². The number of aryl methyl sites for hydroxylation is 1. The Kier molecular flexibility index (Phi) is 7.51. The van der Waals surface area contributed by atoms with Crippen LogP contribution in [0, 0.1) is 11.3 Å². The lowest BCUT2D eigenvalue weighted by atomic mass is 9.81. The molecule has 1 fully saturated rings. The summed E-state index contributed by atoms with van der Waals surface area (Å²) in [5, 5.41) is 5.03. The summed E-state index contributed by atoms with van der Waals surface area (Å²) in [7, 11) is 2.07. The molecule has 3 heterocycles. The Labute approximate surface area is 237 Å². The first kappa shape index (κ1) is 27.9. The number of likely N-dealkylation sites (tertiary alicyclic amines) is 1. The van der Waals surface area contributed by atoms with Gasteiger partial charge in [-0.15, -0.1) is 0 Å². The number of nitrogens with one attached hydrogen (secondary N) is 1. The van der Waals surface area contributed by atoms with Crippen LogP contribution in [-0.2, 0) is 11.8 Å². The largest absolute Gasteiger partial charge is 0.444 e. The van der Waals surface area contributed by atoms with Crippen LogP contribution in [0.25, 0.3) is 33.1 Å². The van der Waals surface area contributed by atoms with E-state index in [2.05, 4.69) is 85.3 Å². The summed E-state index contributed by atoms with van der Waals surface area (Å²) in [6.07, 6.45) is 8.62. The molecule has 1 aliphatic rings. The van der Waals surface area contributed by atoms with Crippen LogP contribution in [0.4, 0.5) is 10.5 Å². The minimum atomic E-state index is -0.520. The summed E-state index contributed by atoms with van der Waals surface area (Å²) >= 11 is 0. The van der Waals surface area contributed by atoms with Gasteiger partial charge in [0.2, 0.25) is 0 Å². The predicted octanol–water partition coefficient (Wildman–Crippen LogP) is 7.65. The van der Waals surface area contributed by atoms with E-state index in [-0.39, 0.29) is 17.6 Å². The van der Waals surface area contributed by atoms with Crippen molar-refractivity contribution in [2.45, 2.75) is 72.4 Å². The third kappa shape index (κ3) is 6.08. The zero-order valence-corrected chi connectivity index (χ0v) is 25.0. The number of hydrogen-bond donors (Lipinski definition) is 1. The topological polar surface area (TPSA) is 72.3 Å². The molecule has 1 aliphatic heterocycles. The second-order valence-corrected chi connectivity index (χ2v) is 13.1. The Bertz CT molecular complexity index is 1520. The van der Waals surface area contributed by atoms with Crippen molar-refractivity contribution < 1.29 is 9.53 Å². The third-order valence-electron chi connectivity index (χ3n) is 8.37. The van der Waals surface area contributed by atoms with Gasteiger partial charge in [-0.3, -0.25) is 9.97 Å². The van der Waals surface area contributed by atoms with Crippen LogP contribution in [0.15, 0.2) is 55.0 Å². The van der Waals surface area contributed by atoms with E-state index < -0.39 is 5.60 Å². The summed E-state index contributed by atoms with van der Waals surface area (Å²) in [6.45, 7) is 14.0. The third-order valence-corrected chi connectivity index (χ3v) is 8.37. The summed E-state index contributed by atoms with van der Waals surface area (Å²) in [5.74, 6) is 0.319. The average Bonchev–Trinajstić information content (AvgIpc) is 3.49. The predicted molar refractivity (Wildman–Crippen MR) is 163 cm³/mol. The van der Waals surface area contributed by atoms with Gasteiger partial charge >= 0.3 is 6.09 Å². The first-order chi connectivity index (χ1) is 18.9. The number of amides is 1. The second-order valence-electron chi connectivity index (χ2n) is 13.1. The fourth-order valence-electron chi connectivity index (χ4n) is 5.58. The Hall–Kier alpha value is -3.61. The molecule has 2 aromatic heterocycles. The lowest BCUT2D eigenvalue weighted by Crippen LogP contribution is -2.36. The molecule has 0 aliphatic carbocycles. The molecule has 2 aromatic carbocycles. The molecule has 7 nitrogen and oxygen atoms in total. The number of benzene rings is 2. The van der Waals surface area contributed by atoms with E-state index in [0.29, 0.717) is 19.0 Å². The lowest BCUT2D eigenvalue weighted by Gasteiger charge is -2.27. The standard InChI is InChI=1S/C33H43N5O2/c1-8-33(5,6)13-11-24-20-38(31(39)40-32(2,3)4)21-28(24)36-25-18-26(30-27(19-25)34-14-15-35-30)23-10-9-22-12-16-37(7)29(22)17-23/h9-10,12,14-19,24,28,36H,8,11,13,20-21H2,1-7H3/t24?,28-/m1/s1. The number of rotatable bonds is 7. The smallest absolute Gasteiger partial charge is 0.410 e. The molecule has 0 saturated carbocycles. The first-order valence-electron chi connectivity index (χ1n) is 14.5. The summed E-state index contributed by atoms with van der Waals surface area (Å²) < 4.78 is 7.89. The van der Waals surface area contributed by atoms with E-state index >= 15 is 0 Å². The lowest BCUT2D eigenvalue weighted by molar-refractivity contribution is 0.0286. The van der Waals surface area contributed by atoms with Crippen molar-refractivity contribution in [1.29, 1.82) is 0 Å². The van der Waals surface area contributed by atoms with E-state index in [1.54, 1.807) is 12.4 Å². The Balaban J connectivity index is 1.47. The molecule has 1 saturated heterocycles. The highest BCUT2D eigenvalue weighted by molar-refractivity contribution is 5.97. The van der Waals surface area contributed by atoms with Crippen LogP contribution in [0.2, 0.25) is 0 Å². The van der Waals surface area contributed by atoms with Gasteiger partial charge in [0.25, 0.3) is 0 Å². The van der Waals surface area contributed by atoms with Gasteiger partial charge in [0, 0.05) is 61.5 Å². The van der Waals surface area contributed by atoms with Crippen molar-refractivity contribution in [1.82, 2.24) is 19.4 Å². The summed E-state index contributed by atoms with van der Waals surface area (Å²) in [5.41, 5.74) is 5.79. The maximum atomic E-state index is 13.0. The molecule has 212 valence electrons. The van der Waals surface area contributed by atoms with Crippen molar-refractivity contribution >= 4 is 33.7 Å². The van der Waals surface area contributed by atoms with E-state index in [4.69, 9.17) is 9.72 Å². The highest BCUT2D eigenvalue weighted by Crippen LogP contribution is 2.36. The van der Waals surface area contributed by atoms with E-state index in [1.165, 1.54) is 10.9 Å². The molecule has 1 N–H and O–H groups in total. The van der Waals surface area contributed by atoms with Crippen molar-refractivity contribution in [2.75, 3.05) is 18.4 Å². The molecule has 0 bridgehead atoms. The SMILES string of the molecule is CCC(C)(C)CCC1CN(C(=O)OC(C)(C)C)C[C@H]1Nc1cc(-c2ccc3ccn(C)c3c2)c2nccnc2c1.